The molecule has 0 unspecified atom stereocenters. The van der Waals surface area contributed by atoms with E-state index in [0.717, 1.165) is 19.0 Å². The molecule has 1 aliphatic rings. The van der Waals surface area contributed by atoms with Gasteiger partial charge in [-0.3, -0.25) is 4.68 Å². The SMILES string of the molecule is Cc1c(CNCc2csc(C3CCC3)n2)cnn1C. The Kier molecular flexibility index (Phi) is 3.66. The molecule has 3 rings (SSSR count). The summed E-state index contributed by atoms with van der Waals surface area (Å²) in [6, 6.07) is 0. The highest BCUT2D eigenvalue weighted by Gasteiger charge is 2.22. The molecule has 1 aliphatic carbocycles. The average Bonchev–Trinajstić information content (AvgIpc) is 2.89. The van der Waals surface area contributed by atoms with Crippen molar-refractivity contribution in [2.24, 2.45) is 7.05 Å². The third-order valence-corrected chi connectivity index (χ3v) is 5.04. The molecule has 0 spiro atoms. The Balaban J connectivity index is 1.52. The van der Waals surface area contributed by atoms with Crippen molar-refractivity contribution in [3.05, 3.63) is 33.5 Å². The van der Waals surface area contributed by atoms with Crippen molar-refractivity contribution in [1.29, 1.82) is 0 Å². The van der Waals surface area contributed by atoms with Crippen LogP contribution in [0, 0.1) is 6.92 Å². The Hall–Kier alpha value is -1.20. The van der Waals surface area contributed by atoms with E-state index < -0.39 is 0 Å². The molecule has 2 aromatic heterocycles. The van der Waals surface area contributed by atoms with Crippen LogP contribution in [0.1, 0.15) is 47.1 Å². The highest BCUT2D eigenvalue weighted by atomic mass is 32.1. The van der Waals surface area contributed by atoms with Crippen LogP contribution >= 0.6 is 11.3 Å². The van der Waals surface area contributed by atoms with Crippen molar-refractivity contribution in [2.45, 2.75) is 45.2 Å². The van der Waals surface area contributed by atoms with Crippen LogP contribution in [0.15, 0.2) is 11.6 Å². The van der Waals surface area contributed by atoms with Crippen molar-refractivity contribution in [1.82, 2.24) is 20.1 Å². The molecule has 102 valence electrons. The summed E-state index contributed by atoms with van der Waals surface area (Å²) in [4.78, 5) is 4.73. The lowest BCUT2D eigenvalue weighted by Gasteiger charge is -2.22. The van der Waals surface area contributed by atoms with Gasteiger partial charge in [-0.05, 0) is 19.8 Å². The lowest BCUT2D eigenvalue weighted by Crippen LogP contribution is -2.14. The van der Waals surface area contributed by atoms with E-state index in [9.17, 15) is 0 Å². The summed E-state index contributed by atoms with van der Waals surface area (Å²) in [5, 5.41) is 11.2. The molecule has 0 bridgehead atoms. The molecule has 0 aromatic carbocycles. The second-order valence-electron chi connectivity index (χ2n) is 5.29. The predicted molar refractivity (Wildman–Crippen MR) is 77.2 cm³/mol. The zero-order chi connectivity index (χ0) is 13.2. The van der Waals surface area contributed by atoms with Gasteiger partial charge >= 0.3 is 0 Å². The number of rotatable bonds is 5. The number of hydrogen-bond donors (Lipinski definition) is 1. The Labute approximate surface area is 117 Å². The van der Waals surface area contributed by atoms with Gasteiger partial charge in [0, 0.05) is 42.7 Å². The summed E-state index contributed by atoms with van der Waals surface area (Å²) < 4.78 is 1.91. The standard InChI is InChI=1S/C14H20N4S/c1-10-12(7-16-18(10)2)6-15-8-13-9-19-14(17-13)11-4-3-5-11/h7,9,11,15H,3-6,8H2,1-2H3. The molecular formula is C14H20N4S. The third-order valence-electron chi connectivity index (χ3n) is 3.98. The largest absolute Gasteiger partial charge is 0.307 e. The molecule has 0 radical (unpaired) electrons. The number of nitrogens with one attached hydrogen (secondary N) is 1. The van der Waals surface area contributed by atoms with Crippen LogP contribution in [0.25, 0.3) is 0 Å². The Morgan fingerprint density at radius 1 is 1.42 bits per heavy atom. The second-order valence-corrected chi connectivity index (χ2v) is 6.18. The van der Waals surface area contributed by atoms with Gasteiger partial charge < -0.3 is 5.32 Å². The predicted octanol–water partition coefficient (Wildman–Crippen LogP) is 2.74. The minimum atomic E-state index is 0.749. The summed E-state index contributed by atoms with van der Waals surface area (Å²) in [5.74, 6) is 0.749. The first kappa shape index (κ1) is 12.8. The molecule has 19 heavy (non-hydrogen) atoms. The normalized spacial score (nSPS) is 15.7. The van der Waals surface area contributed by atoms with E-state index in [2.05, 4.69) is 22.7 Å². The quantitative estimate of drug-likeness (QED) is 0.913. The van der Waals surface area contributed by atoms with E-state index in [-0.39, 0.29) is 0 Å². The van der Waals surface area contributed by atoms with E-state index in [0.29, 0.717) is 0 Å². The minimum Gasteiger partial charge on any atom is -0.307 e. The molecule has 0 atom stereocenters. The van der Waals surface area contributed by atoms with Crippen LogP contribution in [0.2, 0.25) is 0 Å². The minimum absolute atomic E-state index is 0.749. The molecule has 0 amide bonds. The molecule has 5 heteroatoms. The van der Waals surface area contributed by atoms with E-state index in [4.69, 9.17) is 4.98 Å². The number of thiazole rings is 1. The Morgan fingerprint density at radius 2 is 2.26 bits per heavy atom. The molecule has 0 saturated heterocycles. The molecule has 4 nitrogen and oxygen atoms in total. The molecule has 1 fully saturated rings. The molecule has 2 aromatic rings. The van der Waals surface area contributed by atoms with Crippen LogP contribution < -0.4 is 5.32 Å². The van der Waals surface area contributed by atoms with Crippen LogP contribution in [0.3, 0.4) is 0 Å². The van der Waals surface area contributed by atoms with Crippen LogP contribution in [0.4, 0.5) is 0 Å². The van der Waals surface area contributed by atoms with E-state index in [1.807, 2.05) is 29.3 Å². The number of hydrogen-bond acceptors (Lipinski definition) is 4. The van der Waals surface area contributed by atoms with Crippen molar-refractivity contribution >= 4 is 11.3 Å². The Bertz CT molecular complexity index is 554. The summed E-state index contributed by atoms with van der Waals surface area (Å²) in [6.07, 6.45) is 5.96. The van der Waals surface area contributed by atoms with Crippen molar-refractivity contribution < 1.29 is 0 Å². The summed E-state index contributed by atoms with van der Waals surface area (Å²) in [7, 11) is 1.98. The topological polar surface area (TPSA) is 42.7 Å². The van der Waals surface area contributed by atoms with Gasteiger partial charge in [0.25, 0.3) is 0 Å². The molecule has 1 N–H and O–H groups in total. The van der Waals surface area contributed by atoms with E-state index in [1.54, 1.807) is 0 Å². The van der Waals surface area contributed by atoms with Gasteiger partial charge in [-0.15, -0.1) is 11.3 Å². The lowest BCUT2D eigenvalue weighted by molar-refractivity contribution is 0.417. The maximum atomic E-state index is 4.73. The zero-order valence-corrected chi connectivity index (χ0v) is 12.3. The first-order valence-corrected chi connectivity index (χ1v) is 7.74. The molecule has 1 saturated carbocycles. The van der Waals surface area contributed by atoms with Crippen LogP contribution in [-0.2, 0) is 20.1 Å². The van der Waals surface area contributed by atoms with Gasteiger partial charge in [0.1, 0.15) is 0 Å². The maximum Gasteiger partial charge on any atom is 0.0959 e. The number of aromatic nitrogens is 3. The van der Waals surface area contributed by atoms with Crippen molar-refractivity contribution in [3.63, 3.8) is 0 Å². The van der Waals surface area contributed by atoms with E-state index in [1.165, 1.54) is 41.2 Å². The van der Waals surface area contributed by atoms with E-state index >= 15 is 0 Å². The fourth-order valence-electron chi connectivity index (χ4n) is 2.29. The van der Waals surface area contributed by atoms with Crippen molar-refractivity contribution in [3.8, 4) is 0 Å². The monoisotopic (exact) mass is 276 g/mol. The first-order chi connectivity index (χ1) is 9.24. The van der Waals surface area contributed by atoms with Crippen molar-refractivity contribution in [2.75, 3.05) is 0 Å². The second kappa shape index (κ2) is 5.43. The zero-order valence-electron chi connectivity index (χ0n) is 11.5. The van der Waals surface area contributed by atoms with Gasteiger partial charge in [-0.1, -0.05) is 6.42 Å². The molecule has 2 heterocycles. The van der Waals surface area contributed by atoms with Gasteiger partial charge in [-0.25, -0.2) is 4.98 Å². The summed E-state index contributed by atoms with van der Waals surface area (Å²) in [6.45, 7) is 3.80. The fraction of sp³-hybridized carbons (Fsp3) is 0.571. The average molecular weight is 276 g/mol. The number of aryl methyl sites for hydroxylation is 1. The lowest BCUT2D eigenvalue weighted by atomic mass is 9.86. The van der Waals surface area contributed by atoms with Crippen LogP contribution in [0.5, 0.6) is 0 Å². The summed E-state index contributed by atoms with van der Waals surface area (Å²) >= 11 is 1.82. The Morgan fingerprint density at radius 3 is 2.89 bits per heavy atom. The first-order valence-electron chi connectivity index (χ1n) is 6.86. The molecule has 0 aliphatic heterocycles. The molecular weight excluding hydrogens is 256 g/mol. The smallest absolute Gasteiger partial charge is 0.0959 e. The fourth-order valence-corrected chi connectivity index (χ4v) is 3.28. The highest BCUT2D eigenvalue weighted by molar-refractivity contribution is 7.09. The highest BCUT2D eigenvalue weighted by Crippen LogP contribution is 2.37. The number of nitrogens with zero attached hydrogens (tertiary/aromatic N) is 3. The van der Waals surface area contributed by atoms with Gasteiger partial charge in [0.15, 0.2) is 0 Å². The van der Waals surface area contributed by atoms with Crippen LogP contribution in [-0.4, -0.2) is 14.8 Å². The van der Waals surface area contributed by atoms with Gasteiger partial charge in [0.2, 0.25) is 0 Å². The van der Waals surface area contributed by atoms with Gasteiger partial charge in [-0.2, -0.15) is 5.10 Å². The summed E-state index contributed by atoms with van der Waals surface area (Å²) in [5.41, 5.74) is 3.66. The maximum absolute atomic E-state index is 4.73. The van der Waals surface area contributed by atoms with Gasteiger partial charge in [0.05, 0.1) is 16.9 Å². The third kappa shape index (κ3) is 2.72.